The van der Waals surface area contributed by atoms with E-state index in [1.165, 1.54) is 36.8 Å². The van der Waals surface area contributed by atoms with Gasteiger partial charge in [-0.1, -0.05) is 6.08 Å². The predicted octanol–water partition coefficient (Wildman–Crippen LogP) is 4.98. The average molecular weight is 334 g/mol. The molecule has 0 bridgehead atoms. The minimum absolute atomic E-state index is 0.713. The van der Waals surface area contributed by atoms with Gasteiger partial charge in [-0.25, -0.2) is 4.98 Å². The first-order chi connectivity index (χ1) is 12.3. The van der Waals surface area contributed by atoms with Crippen LogP contribution in [0.3, 0.4) is 0 Å². The quantitative estimate of drug-likeness (QED) is 0.675. The van der Waals surface area contributed by atoms with Gasteiger partial charge < -0.3 is 13.9 Å². The summed E-state index contributed by atoms with van der Waals surface area (Å²) in [5.41, 5.74) is 5.64. The van der Waals surface area contributed by atoms with Crippen molar-refractivity contribution in [1.29, 1.82) is 0 Å². The van der Waals surface area contributed by atoms with Crippen molar-refractivity contribution in [2.75, 3.05) is 14.2 Å². The van der Waals surface area contributed by atoms with Crippen LogP contribution in [0, 0.1) is 0 Å². The number of rotatable bonds is 4. The molecular formula is C21H22N2O2. The molecule has 0 N–H and O–H groups in total. The van der Waals surface area contributed by atoms with Crippen LogP contribution in [0.25, 0.3) is 22.5 Å². The second-order valence-electron chi connectivity index (χ2n) is 6.35. The highest BCUT2D eigenvalue weighted by molar-refractivity contribution is 5.69. The molecule has 0 fully saturated rings. The maximum absolute atomic E-state index is 5.40. The van der Waals surface area contributed by atoms with Crippen LogP contribution in [0.1, 0.15) is 31.2 Å². The topological polar surface area (TPSA) is 35.8 Å². The Morgan fingerprint density at radius 1 is 0.920 bits per heavy atom. The molecule has 0 saturated heterocycles. The third-order valence-corrected chi connectivity index (χ3v) is 4.79. The second-order valence-corrected chi connectivity index (χ2v) is 6.35. The molecular weight excluding hydrogens is 312 g/mol. The van der Waals surface area contributed by atoms with E-state index in [9.17, 15) is 0 Å². The number of hydrogen-bond acceptors (Lipinski definition) is 3. The Bertz CT molecular complexity index is 940. The van der Waals surface area contributed by atoms with Gasteiger partial charge in [0, 0.05) is 18.0 Å². The molecule has 0 spiro atoms. The molecule has 0 radical (unpaired) electrons. The van der Waals surface area contributed by atoms with Crippen molar-refractivity contribution in [1.82, 2.24) is 9.38 Å². The number of ether oxygens (including phenoxy) is 2. The van der Waals surface area contributed by atoms with Gasteiger partial charge in [0.2, 0.25) is 0 Å². The molecule has 1 aliphatic carbocycles. The van der Waals surface area contributed by atoms with Crippen LogP contribution in [0.15, 0.2) is 48.8 Å². The SMILES string of the molecule is COc1ccc(-c2cn3cc(C4=CCCCC4)ccc3n2)cc1OC. The van der Waals surface area contributed by atoms with E-state index in [-0.39, 0.29) is 0 Å². The van der Waals surface area contributed by atoms with Crippen molar-refractivity contribution in [3.05, 3.63) is 54.4 Å². The van der Waals surface area contributed by atoms with Crippen molar-refractivity contribution in [2.45, 2.75) is 25.7 Å². The van der Waals surface area contributed by atoms with Crippen molar-refractivity contribution >= 4 is 11.2 Å². The fourth-order valence-electron chi connectivity index (χ4n) is 3.42. The highest BCUT2D eigenvalue weighted by Gasteiger charge is 2.11. The zero-order valence-corrected chi connectivity index (χ0v) is 14.7. The number of pyridine rings is 1. The lowest BCUT2D eigenvalue weighted by Gasteiger charge is -2.12. The van der Waals surface area contributed by atoms with E-state index in [2.05, 4.69) is 35.0 Å². The molecule has 2 heterocycles. The highest BCUT2D eigenvalue weighted by atomic mass is 16.5. The molecule has 4 heteroatoms. The van der Waals surface area contributed by atoms with E-state index in [1.807, 2.05) is 18.2 Å². The monoisotopic (exact) mass is 334 g/mol. The summed E-state index contributed by atoms with van der Waals surface area (Å²) in [4.78, 5) is 4.75. The Labute approximate surface area is 147 Å². The molecule has 25 heavy (non-hydrogen) atoms. The molecule has 0 amide bonds. The molecule has 0 saturated carbocycles. The van der Waals surface area contributed by atoms with E-state index in [0.29, 0.717) is 5.75 Å². The van der Waals surface area contributed by atoms with Gasteiger partial charge in [-0.15, -0.1) is 0 Å². The van der Waals surface area contributed by atoms with Crippen molar-refractivity contribution in [2.24, 2.45) is 0 Å². The molecule has 2 aromatic heterocycles. The summed E-state index contributed by atoms with van der Waals surface area (Å²) in [6.45, 7) is 0. The summed E-state index contributed by atoms with van der Waals surface area (Å²) in [6, 6.07) is 10.2. The summed E-state index contributed by atoms with van der Waals surface area (Å²) >= 11 is 0. The van der Waals surface area contributed by atoms with E-state index >= 15 is 0 Å². The summed E-state index contributed by atoms with van der Waals surface area (Å²) < 4.78 is 12.8. The molecule has 3 aromatic rings. The fraction of sp³-hybridized carbons (Fsp3) is 0.286. The van der Waals surface area contributed by atoms with Gasteiger partial charge in [-0.05, 0) is 67.2 Å². The number of methoxy groups -OCH3 is 2. The summed E-state index contributed by atoms with van der Waals surface area (Å²) in [5.74, 6) is 1.44. The summed E-state index contributed by atoms with van der Waals surface area (Å²) in [5, 5.41) is 0. The molecule has 128 valence electrons. The fourth-order valence-corrected chi connectivity index (χ4v) is 3.42. The Morgan fingerprint density at radius 2 is 1.76 bits per heavy atom. The lowest BCUT2D eigenvalue weighted by Crippen LogP contribution is -1.94. The number of aromatic nitrogens is 2. The van der Waals surface area contributed by atoms with Crippen molar-refractivity contribution in [3.63, 3.8) is 0 Å². The predicted molar refractivity (Wildman–Crippen MR) is 100 cm³/mol. The molecule has 1 aromatic carbocycles. The minimum atomic E-state index is 0.713. The van der Waals surface area contributed by atoms with Crippen molar-refractivity contribution < 1.29 is 9.47 Å². The lowest BCUT2D eigenvalue weighted by atomic mass is 9.95. The van der Waals surface area contributed by atoms with Gasteiger partial charge in [0.1, 0.15) is 5.65 Å². The van der Waals surface area contributed by atoms with Crippen LogP contribution in [0.4, 0.5) is 0 Å². The smallest absolute Gasteiger partial charge is 0.161 e. The molecule has 0 aliphatic heterocycles. The van der Waals surface area contributed by atoms with Crippen LogP contribution < -0.4 is 9.47 Å². The zero-order valence-electron chi connectivity index (χ0n) is 14.7. The Kier molecular flexibility index (Phi) is 4.18. The zero-order chi connectivity index (χ0) is 17.2. The Morgan fingerprint density at radius 3 is 2.52 bits per heavy atom. The maximum Gasteiger partial charge on any atom is 0.161 e. The lowest BCUT2D eigenvalue weighted by molar-refractivity contribution is 0.355. The molecule has 4 rings (SSSR count). The molecule has 4 nitrogen and oxygen atoms in total. The number of hydrogen-bond donors (Lipinski definition) is 0. The number of imidazole rings is 1. The Balaban J connectivity index is 1.73. The second kappa shape index (κ2) is 6.63. The van der Waals surface area contributed by atoms with Gasteiger partial charge in [-0.2, -0.15) is 0 Å². The van der Waals surface area contributed by atoms with Gasteiger partial charge >= 0.3 is 0 Å². The van der Waals surface area contributed by atoms with Gasteiger partial charge in [0.05, 0.1) is 19.9 Å². The van der Waals surface area contributed by atoms with Crippen LogP contribution in [0.5, 0.6) is 11.5 Å². The first kappa shape index (κ1) is 15.8. The largest absolute Gasteiger partial charge is 0.493 e. The van der Waals surface area contributed by atoms with Crippen LogP contribution in [0.2, 0.25) is 0 Å². The molecule has 1 aliphatic rings. The summed E-state index contributed by atoms with van der Waals surface area (Å²) in [6.07, 6.45) is 11.6. The van der Waals surface area contributed by atoms with Gasteiger partial charge in [0.15, 0.2) is 11.5 Å². The highest BCUT2D eigenvalue weighted by Crippen LogP contribution is 2.32. The van der Waals surface area contributed by atoms with Crippen LogP contribution in [-0.2, 0) is 0 Å². The standard InChI is InChI=1S/C21H22N2O2/c1-24-19-10-8-16(12-20(19)25-2)18-14-23-13-17(9-11-21(23)22-18)15-6-4-3-5-7-15/h6,8-14H,3-5,7H2,1-2H3. The number of nitrogens with zero attached hydrogens (tertiary/aromatic N) is 2. The maximum atomic E-state index is 5.40. The minimum Gasteiger partial charge on any atom is -0.493 e. The first-order valence-electron chi connectivity index (χ1n) is 8.69. The van der Waals surface area contributed by atoms with Crippen molar-refractivity contribution in [3.8, 4) is 22.8 Å². The van der Waals surface area contributed by atoms with E-state index in [4.69, 9.17) is 14.5 Å². The van der Waals surface area contributed by atoms with E-state index < -0.39 is 0 Å². The van der Waals surface area contributed by atoms with E-state index in [1.54, 1.807) is 14.2 Å². The molecule has 0 unspecified atom stereocenters. The summed E-state index contributed by atoms with van der Waals surface area (Å²) in [7, 11) is 3.29. The van der Waals surface area contributed by atoms with Crippen LogP contribution in [-0.4, -0.2) is 23.6 Å². The Hall–Kier alpha value is -2.75. The van der Waals surface area contributed by atoms with Crippen LogP contribution >= 0.6 is 0 Å². The van der Waals surface area contributed by atoms with Gasteiger partial charge in [0.25, 0.3) is 0 Å². The number of fused-ring (bicyclic) bond motifs is 1. The number of benzene rings is 1. The first-order valence-corrected chi connectivity index (χ1v) is 8.69. The average Bonchev–Trinajstić information content (AvgIpc) is 3.11. The van der Waals surface area contributed by atoms with Gasteiger partial charge in [-0.3, -0.25) is 0 Å². The molecule has 0 atom stereocenters. The number of allylic oxidation sites excluding steroid dienone is 2. The third-order valence-electron chi connectivity index (χ3n) is 4.79. The van der Waals surface area contributed by atoms with E-state index in [0.717, 1.165) is 22.7 Å². The normalized spacial score (nSPS) is 14.4. The third kappa shape index (κ3) is 3.00.